The molecule has 1 aromatic rings. The van der Waals surface area contributed by atoms with Crippen LogP contribution in [0.2, 0.25) is 0 Å². The molecule has 144 valence electrons. The van der Waals surface area contributed by atoms with Gasteiger partial charge in [-0.15, -0.1) is 0 Å². The highest BCUT2D eigenvalue weighted by Crippen LogP contribution is 2.28. The SMILES string of the molecule is COc1ccccc1N1CCN(C(=O)NCCCN2CCOCC2)CC1. The molecule has 3 rings (SSSR count). The van der Waals surface area contributed by atoms with Gasteiger partial charge in [0.2, 0.25) is 0 Å². The molecule has 2 saturated heterocycles. The van der Waals surface area contributed by atoms with Crippen molar-refractivity contribution in [3.05, 3.63) is 24.3 Å². The van der Waals surface area contributed by atoms with Crippen molar-refractivity contribution in [1.29, 1.82) is 0 Å². The first-order chi connectivity index (χ1) is 12.8. The zero-order valence-electron chi connectivity index (χ0n) is 15.7. The quantitative estimate of drug-likeness (QED) is 0.772. The van der Waals surface area contributed by atoms with E-state index in [9.17, 15) is 4.79 Å². The number of carbonyl (C=O) groups is 1. The van der Waals surface area contributed by atoms with Crippen LogP contribution in [0.25, 0.3) is 0 Å². The van der Waals surface area contributed by atoms with Crippen LogP contribution < -0.4 is 15.0 Å². The van der Waals surface area contributed by atoms with Gasteiger partial charge < -0.3 is 24.6 Å². The van der Waals surface area contributed by atoms with Crippen molar-refractivity contribution in [3.63, 3.8) is 0 Å². The first-order valence-electron chi connectivity index (χ1n) is 9.49. The third-order valence-electron chi connectivity index (χ3n) is 5.02. The maximum Gasteiger partial charge on any atom is 0.317 e. The first-order valence-corrected chi connectivity index (χ1v) is 9.49. The Morgan fingerprint density at radius 1 is 1.12 bits per heavy atom. The molecule has 0 atom stereocenters. The number of rotatable bonds is 6. The fourth-order valence-corrected chi connectivity index (χ4v) is 3.48. The van der Waals surface area contributed by atoms with Gasteiger partial charge in [-0.05, 0) is 25.1 Å². The lowest BCUT2D eigenvalue weighted by atomic mass is 10.2. The summed E-state index contributed by atoms with van der Waals surface area (Å²) in [4.78, 5) is 18.9. The number of benzene rings is 1. The van der Waals surface area contributed by atoms with Gasteiger partial charge in [-0.3, -0.25) is 4.90 Å². The number of carbonyl (C=O) groups excluding carboxylic acids is 1. The molecule has 26 heavy (non-hydrogen) atoms. The van der Waals surface area contributed by atoms with Crippen LogP contribution in [0.5, 0.6) is 5.75 Å². The molecule has 2 amide bonds. The van der Waals surface area contributed by atoms with Gasteiger partial charge in [0, 0.05) is 45.8 Å². The molecule has 0 saturated carbocycles. The van der Waals surface area contributed by atoms with E-state index in [4.69, 9.17) is 9.47 Å². The van der Waals surface area contributed by atoms with E-state index in [-0.39, 0.29) is 6.03 Å². The van der Waals surface area contributed by atoms with Gasteiger partial charge in [-0.1, -0.05) is 12.1 Å². The summed E-state index contributed by atoms with van der Waals surface area (Å²) in [6, 6.07) is 8.09. The molecule has 0 radical (unpaired) electrons. The molecule has 0 aromatic heterocycles. The Labute approximate surface area is 155 Å². The molecule has 1 N–H and O–H groups in total. The molecule has 7 nitrogen and oxygen atoms in total. The number of anilines is 1. The summed E-state index contributed by atoms with van der Waals surface area (Å²) >= 11 is 0. The van der Waals surface area contributed by atoms with Gasteiger partial charge in [0.15, 0.2) is 0 Å². The molecule has 0 spiro atoms. The minimum Gasteiger partial charge on any atom is -0.495 e. The maximum absolute atomic E-state index is 12.4. The lowest BCUT2D eigenvalue weighted by Gasteiger charge is -2.36. The van der Waals surface area contributed by atoms with E-state index in [0.717, 1.165) is 83.4 Å². The third kappa shape index (κ3) is 5.02. The Morgan fingerprint density at radius 3 is 2.58 bits per heavy atom. The highest BCUT2D eigenvalue weighted by molar-refractivity contribution is 5.74. The van der Waals surface area contributed by atoms with Crippen molar-refractivity contribution in [2.75, 3.05) is 77.6 Å². The van der Waals surface area contributed by atoms with E-state index < -0.39 is 0 Å². The largest absolute Gasteiger partial charge is 0.495 e. The zero-order chi connectivity index (χ0) is 18.2. The number of nitrogens with one attached hydrogen (secondary N) is 1. The number of hydrogen-bond acceptors (Lipinski definition) is 5. The van der Waals surface area contributed by atoms with E-state index in [1.165, 1.54) is 0 Å². The van der Waals surface area contributed by atoms with E-state index >= 15 is 0 Å². The first kappa shape index (κ1) is 18.8. The van der Waals surface area contributed by atoms with Crippen LogP contribution in [0.4, 0.5) is 10.5 Å². The summed E-state index contributed by atoms with van der Waals surface area (Å²) in [5.74, 6) is 0.883. The highest BCUT2D eigenvalue weighted by Gasteiger charge is 2.22. The average Bonchev–Trinajstić information content (AvgIpc) is 2.72. The average molecular weight is 362 g/mol. The lowest BCUT2D eigenvalue weighted by Crippen LogP contribution is -2.52. The smallest absolute Gasteiger partial charge is 0.317 e. The number of amides is 2. The second-order valence-corrected chi connectivity index (χ2v) is 6.69. The molecule has 1 aromatic carbocycles. The standard InChI is InChI=1S/C19H30N4O3/c1-25-18-6-3-2-5-17(18)22-9-11-23(12-10-22)19(24)20-7-4-8-21-13-15-26-16-14-21/h2-3,5-6H,4,7-16H2,1H3,(H,20,24). The van der Waals surface area contributed by atoms with Gasteiger partial charge in [-0.25, -0.2) is 4.79 Å². The molecule has 2 heterocycles. The van der Waals surface area contributed by atoms with Crippen LogP contribution in [-0.2, 0) is 4.74 Å². The van der Waals surface area contributed by atoms with Crippen LogP contribution in [0.1, 0.15) is 6.42 Å². The number of piperazine rings is 1. The Hall–Kier alpha value is -1.99. The minimum absolute atomic E-state index is 0.0478. The van der Waals surface area contributed by atoms with Crippen molar-refractivity contribution < 1.29 is 14.3 Å². The molecular weight excluding hydrogens is 332 g/mol. The number of methoxy groups -OCH3 is 1. The summed E-state index contributed by atoms with van der Waals surface area (Å²) in [6.45, 7) is 8.49. The molecule has 7 heteroatoms. The van der Waals surface area contributed by atoms with Crippen molar-refractivity contribution in [3.8, 4) is 5.75 Å². The van der Waals surface area contributed by atoms with E-state index in [2.05, 4.69) is 21.2 Å². The summed E-state index contributed by atoms with van der Waals surface area (Å²) in [5, 5.41) is 3.05. The van der Waals surface area contributed by atoms with Crippen molar-refractivity contribution >= 4 is 11.7 Å². The summed E-state index contributed by atoms with van der Waals surface area (Å²) in [6.07, 6.45) is 0.979. The molecule has 0 bridgehead atoms. The van der Waals surface area contributed by atoms with Crippen LogP contribution in [0.15, 0.2) is 24.3 Å². The van der Waals surface area contributed by atoms with Gasteiger partial charge in [-0.2, -0.15) is 0 Å². The summed E-state index contributed by atoms with van der Waals surface area (Å²) in [7, 11) is 1.69. The van der Waals surface area contributed by atoms with E-state index in [1.807, 2.05) is 23.1 Å². The molecule has 2 aliphatic rings. The third-order valence-corrected chi connectivity index (χ3v) is 5.02. The van der Waals surface area contributed by atoms with Gasteiger partial charge >= 0.3 is 6.03 Å². The zero-order valence-corrected chi connectivity index (χ0v) is 15.7. The van der Waals surface area contributed by atoms with Crippen molar-refractivity contribution in [1.82, 2.24) is 15.1 Å². The Kier molecular flexibility index (Phi) is 6.96. The lowest BCUT2D eigenvalue weighted by molar-refractivity contribution is 0.0375. The van der Waals surface area contributed by atoms with Gasteiger partial charge in [0.05, 0.1) is 26.0 Å². The molecule has 2 fully saturated rings. The van der Waals surface area contributed by atoms with Gasteiger partial charge in [0.25, 0.3) is 0 Å². The predicted octanol–water partition coefficient (Wildman–Crippen LogP) is 1.25. The van der Waals surface area contributed by atoms with Gasteiger partial charge in [0.1, 0.15) is 5.75 Å². The highest BCUT2D eigenvalue weighted by atomic mass is 16.5. The summed E-state index contributed by atoms with van der Waals surface area (Å²) < 4.78 is 10.8. The molecule has 0 unspecified atom stereocenters. The second-order valence-electron chi connectivity index (χ2n) is 6.69. The van der Waals surface area contributed by atoms with Crippen LogP contribution in [-0.4, -0.2) is 88.5 Å². The fourth-order valence-electron chi connectivity index (χ4n) is 3.48. The Bertz CT molecular complexity index is 570. The molecule has 0 aliphatic carbocycles. The topological polar surface area (TPSA) is 57.3 Å². The number of hydrogen-bond donors (Lipinski definition) is 1. The monoisotopic (exact) mass is 362 g/mol. The molecular formula is C19H30N4O3. The fraction of sp³-hybridized carbons (Fsp3) is 0.632. The number of ether oxygens (including phenoxy) is 2. The Morgan fingerprint density at radius 2 is 1.85 bits per heavy atom. The second kappa shape index (κ2) is 9.64. The normalized spacial score (nSPS) is 18.7. The maximum atomic E-state index is 12.4. The van der Waals surface area contributed by atoms with E-state index in [1.54, 1.807) is 7.11 Å². The molecule has 2 aliphatic heterocycles. The van der Waals surface area contributed by atoms with Crippen molar-refractivity contribution in [2.45, 2.75) is 6.42 Å². The van der Waals surface area contributed by atoms with Crippen molar-refractivity contribution in [2.24, 2.45) is 0 Å². The van der Waals surface area contributed by atoms with Crippen LogP contribution >= 0.6 is 0 Å². The number of para-hydroxylation sites is 2. The minimum atomic E-state index is 0.0478. The van der Waals surface area contributed by atoms with E-state index in [0.29, 0.717) is 0 Å². The summed E-state index contributed by atoms with van der Waals surface area (Å²) in [5.41, 5.74) is 1.10. The predicted molar refractivity (Wildman–Crippen MR) is 102 cm³/mol. The number of nitrogens with zero attached hydrogens (tertiary/aromatic N) is 3. The van der Waals surface area contributed by atoms with Crippen LogP contribution in [0, 0.1) is 0 Å². The number of morpholine rings is 1. The van der Waals surface area contributed by atoms with Crippen LogP contribution in [0.3, 0.4) is 0 Å². The number of urea groups is 1. The Balaban J connectivity index is 1.36.